The van der Waals surface area contributed by atoms with Crippen LogP contribution in [0.25, 0.3) is 0 Å². The monoisotopic (exact) mass is 170 g/mol. The highest BCUT2D eigenvalue weighted by Crippen LogP contribution is 2.20. The number of hydrogen-bond acceptors (Lipinski definition) is 3. The van der Waals surface area contributed by atoms with E-state index in [0.717, 1.165) is 12.1 Å². The van der Waals surface area contributed by atoms with E-state index in [1.807, 2.05) is 0 Å². The van der Waals surface area contributed by atoms with Crippen molar-refractivity contribution in [1.29, 1.82) is 5.26 Å². The maximum atomic E-state index is 12.0. The first-order valence-corrected chi connectivity index (χ1v) is 3.03. The molecule has 1 aromatic heterocycles. The summed E-state index contributed by atoms with van der Waals surface area (Å²) in [6.07, 6.45) is -2.72. The van der Waals surface area contributed by atoms with E-state index in [0.29, 0.717) is 0 Å². The molecule has 1 heterocycles. The van der Waals surface area contributed by atoms with Crippen molar-refractivity contribution < 1.29 is 13.9 Å². The Morgan fingerprint density at radius 1 is 1.50 bits per heavy atom. The fourth-order valence-electron chi connectivity index (χ4n) is 0.671. The van der Waals surface area contributed by atoms with Crippen molar-refractivity contribution in [2.75, 3.05) is 0 Å². The summed E-state index contributed by atoms with van der Waals surface area (Å²) < 4.78 is 23.9. The van der Waals surface area contributed by atoms with E-state index in [-0.39, 0.29) is 11.4 Å². The molecule has 1 aromatic rings. The number of aromatic nitrogens is 1. The van der Waals surface area contributed by atoms with Gasteiger partial charge in [-0.25, -0.2) is 13.8 Å². The second-order valence-electron chi connectivity index (χ2n) is 2.02. The molecule has 0 saturated heterocycles. The predicted octanol–water partition coefficient (Wildman–Crippen LogP) is 1.60. The Bertz CT molecular complexity index is 333. The summed E-state index contributed by atoms with van der Waals surface area (Å²) in [4.78, 5) is 3.23. The molecule has 0 spiro atoms. The minimum absolute atomic E-state index is 0.382. The summed E-state index contributed by atoms with van der Waals surface area (Å²) in [5.74, 6) is -0.387. The van der Waals surface area contributed by atoms with Crippen LogP contribution >= 0.6 is 0 Å². The number of nitrogens with zero attached hydrogens (tertiary/aromatic N) is 2. The smallest absolute Gasteiger partial charge is 0.280 e. The summed E-state index contributed by atoms with van der Waals surface area (Å²) >= 11 is 0. The largest absolute Gasteiger partial charge is 0.505 e. The van der Waals surface area contributed by atoms with Crippen molar-refractivity contribution in [1.82, 2.24) is 4.98 Å². The standard InChI is InChI=1S/C7H4F2N2O/c8-7(9)4-1-2-6(12)5(3-10)11-4/h1-2,7,12H. The Hall–Kier alpha value is -1.70. The van der Waals surface area contributed by atoms with Gasteiger partial charge in [0.25, 0.3) is 6.43 Å². The third kappa shape index (κ3) is 1.48. The second kappa shape index (κ2) is 3.13. The molecule has 5 heteroatoms. The van der Waals surface area contributed by atoms with Crippen LogP contribution in [0.15, 0.2) is 12.1 Å². The normalized spacial score (nSPS) is 9.83. The van der Waals surface area contributed by atoms with Gasteiger partial charge in [0, 0.05) is 0 Å². The van der Waals surface area contributed by atoms with Crippen LogP contribution in [0, 0.1) is 11.3 Å². The van der Waals surface area contributed by atoms with E-state index in [1.54, 1.807) is 0 Å². The lowest BCUT2D eigenvalue weighted by Crippen LogP contribution is -1.92. The zero-order chi connectivity index (χ0) is 9.14. The van der Waals surface area contributed by atoms with Gasteiger partial charge in [0.2, 0.25) is 0 Å². The molecule has 0 aliphatic carbocycles. The maximum absolute atomic E-state index is 12.0. The van der Waals surface area contributed by atoms with Crippen molar-refractivity contribution in [3.8, 4) is 11.8 Å². The van der Waals surface area contributed by atoms with Gasteiger partial charge in [-0.05, 0) is 12.1 Å². The summed E-state index contributed by atoms with van der Waals surface area (Å²) in [7, 11) is 0. The van der Waals surface area contributed by atoms with E-state index in [4.69, 9.17) is 10.4 Å². The lowest BCUT2D eigenvalue weighted by Gasteiger charge is -1.99. The molecular formula is C7H4F2N2O. The maximum Gasteiger partial charge on any atom is 0.280 e. The minimum Gasteiger partial charge on any atom is -0.505 e. The zero-order valence-electron chi connectivity index (χ0n) is 5.83. The van der Waals surface area contributed by atoms with Gasteiger partial charge in [-0.15, -0.1) is 0 Å². The minimum atomic E-state index is -2.72. The summed E-state index contributed by atoms with van der Waals surface area (Å²) in [6.45, 7) is 0. The average Bonchev–Trinajstić information content (AvgIpc) is 2.05. The van der Waals surface area contributed by atoms with E-state index in [2.05, 4.69) is 4.98 Å². The van der Waals surface area contributed by atoms with Crippen molar-refractivity contribution in [2.45, 2.75) is 6.43 Å². The summed E-state index contributed by atoms with van der Waals surface area (Å²) in [5.41, 5.74) is -0.892. The van der Waals surface area contributed by atoms with Crippen molar-refractivity contribution in [3.05, 3.63) is 23.5 Å². The lowest BCUT2D eigenvalue weighted by atomic mass is 10.3. The summed E-state index contributed by atoms with van der Waals surface area (Å²) in [5, 5.41) is 17.2. The van der Waals surface area contributed by atoms with Crippen molar-refractivity contribution in [2.24, 2.45) is 0 Å². The summed E-state index contributed by atoms with van der Waals surface area (Å²) in [6, 6.07) is 3.49. The number of nitriles is 1. The predicted molar refractivity (Wildman–Crippen MR) is 35.6 cm³/mol. The number of pyridine rings is 1. The molecule has 1 N–H and O–H groups in total. The molecule has 0 bridgehead atoms. The molecule has 0 radical (unpaired) electrons. The molecule has 0 aromatic carbocycles. The van der Waals surface area contributed by atoms with Crippen molar-refractivity contribution in [3.63, 3.8) is 0 Å². The highest BCUT2D eigenvalue weighted by Gasteiger charge is 2.11. The molecule has 0 saturated carbocycles. The van der Waals surface area contributed by atoms with Crippen LogP contribution in [-0.2, 0) is 0 Å². The first-order valence-electron chi connectivity index (χ1n) is 3.03. The van der Waals surface area contributed by atoms with Gasteiger partial charge in [-0.1, -0.05) is 0 Å². The molecule has 0 aliphatic heterocycles. The first kappa shape index (κ1) is 8.40. The van der Waals surface area contributed by atoms with E-state index in [9.17, 15) is 8.78 Å². The van der Waals surface area contributed by atoms with E-state index in [1.165, 1.54) is 6.07 Å². The van der Waals surface area contributed by atoms with Gasteiger partial charge in [-0.3, -0.25) is 0 Å². The molecule has 0 aliphatic rings. The van der Waals surface area contributed by atoms with Crippen LogP contribution in [0.5, 0.6) is 5.75 Å². The number of rotatable bonds is 1. The molecule has 0 amide bonds. The van der Waals surface area contributed by atoms with Gasteiger partial charge >= 0.3 is 0 Å². The Morgan fingerprint density at radius 2 is 2.17 bits per heavy atom. The van der Waals surface area contributed by atoms with Crippen molar-refractivity contribution >= 4 is 0 Å². The van der Waals surface area contributed by atoms with E-state index < -0.39 is 12.1 Å². The quantitative estimate of drug-likeness (QED) is 0.696. The molecule has 62 valence electrons. The third-order valence-corrected chi connectivity index (χ3v) is 1.22. The topological polar surface area (TPSA) is 56.9 Å². The van der Waals surface area contributed by atoms with Crippen LogP contribution in [-0.4, -0.2) is 10.1 Å². The van der Waals surface area contributed by atoms with Crippen LogP contribution in [0.4, 0.5) is 8.78 Å². The average molecular weight is 170 g/mol. The van der Waals surface area contributed by atoms with Crippen LogP contribution in [0.1, 0.15) is 17.8 Å². The van der Waals surface area contributed by atoms with Crippen LogP contribution in [0.2, 0.25) is 0 Å². The highest BCUT2D eigenvalue weighted by molar-refractivity contribution is 5.36. The Labute approximate surface area is 66.9 Å². The first-order chi connectivity index (χ1) is 5.65. The molecular weight excluding hydrogens is 166 g/mol. The third-order valence-electron chi connectivity index (χ3n) is 1.22. The molecule has 0 fully saturated rings. The van der Waals surface area contributed by atoms with Gasteiger partial charge < -0.3 is 5.11 Å². The second-order valence-corrected chi connectivity index (χ2v) is 2.02. The Balaban J connectivity index is 3.16. The molecule has 0 unspecified atom stereocenters. The molecule has 0 atom stereocenters. The number of alkyl halides is 2. The van der Waals surface area contributed by atoms with Crippen LogP contribution in [0.3, 0.4) is 0 Å². The zero-order valence-corrected chi connectivity index (χ0v) is 5.83. The Morgan fingerprint density at radius 3 is 2.67 bits per heavy atom. The lowest BCUT2D eigenvalue weighted by molar-refractivity contribution is 0.146. The van der Waals surface area contributed by atoms with Gasteiger partial charge in [0.1, 0.15) is 11.8 Å². The number of hydrogen-bond donors (Lipinski definition) is 1. The van der Waals surface area contributed by atoms with Crippen LogP contribution < -0.4 is 0 Å². The SMILES string of the molecule is N#Cc1nc(C(F)F)ccc1O. The fourth-order valence-corrected chi connectivity index (χ4v) is 0.671. The highest BCUT2D eigenvalue weighted by atomic mass is 19.3. The van der Waals surface area contributed by atoms with E-state index >= 15 is 0 Å². The fraction of sp³-hybridized carbons (Fsp3) is 0.143. The number of aromatic hydroxyl groups is 1. The molecule has 3 nitrogen and oxygen atoms in total. The number of halogens is 2. The molecule has 12 heavy (non-hydrogen) atoms. The molecule has 1 rings (SSSR count). The van der Waals surface area contributed by atoms with Gasteiger partial charge in [0.05, 0.1) is 0 Å². The van der Waals surface area contributed by atoms with Gasteiger partial charge in [0.15, 0.2) is 11.4 Å². The van der Waals surface area contributed by atoms with Gasteiger partial charge in [-0.2, -0.15) is 5.26 Å². The Kier molecular flexibility index (Phi) is 2.19.